The van der Waals surface area contributed by atoms with Crippen LogP contribution in [0.2, 0.25) is 0 Å². The first-order valence-electron chi connectivity index (χ1n) is 7.33. The standard InChI is InChI=1S/C17H21F2NO2/c1-11-5-8-15(12-6-7-13(18)14(19)9-12)20(10-11)16(21)22-17(2,3)4/h6-9,11H,5,10H2,1-4H3. The summed E-state index contributed by atoms with van der Waals surface area (Å²) in [6.07, 6.45) is 2.16. The molecule has 120 valence electrons. The van der Waals surface area contributed by atoms with E-state index in [4.69, 9.17) is 4.74 Å². The lowest BCUT2D eigenvalue weighted by Gasteiger charge is -2.33. The summed E-state index contributed by atoms with van der Waals surface area (Å²) < 4.78 is 32.0. The summed E-state index contributed by atoms with van der Waals surface area (Å²) >= 11 is 0. The average molecular weight is 309 g/mol. The molecule has 1 heterocycles. The zero-order chi connectivity index (χ0) is 16.5. The van der Waals surface area contributed by atoms with Gasteiger partial charge in [-0.15, -0.1) is 0 Å². The van der Waals surface area contributed by atoms with Crippen LogP contribution >= 0.6 is 0 Å². The molecule has 22 heavy (non-hydrogen) atoms. The minimum Gasteiger partial charge on any atom is -0.443 e. The second kappa shape index (κ2) is 6.07. The van der Waals surface area contributed by atoms with E-state index in [2.05, 4.69) is 0 Å². The Morgan fingerprint density at radius 3 is 2.55 bits per heavy atom. The minimum absolute atomic E-state index is 0.279. The second-order valence-corrected chi connectivity index (χ2v) is 6.65. The van der Waals surface area contributed by atoms with Crippen LogP contribution in [0.5, 0.6) is 0 Å². The highest BCUT2D eigenvalue weighted by Gasteiger charge is 2.29. The zero-order valence-electron chi connectivity index (χ0n) is 13.3. The normalized spacial score (nSPS) is 18.9. The summed E-state index contributed by atoms with van der Waals surface area (Å²) in [4.78, 5) is 13.9. The van der Waals surface area contributed by atoms with Crippen molar-refractivity contribution < 1.29 is 18.3 Å². The molecule has 3 nitrogen and oxygen atoms in total. The smallest absolute Gasteiger partial charge is 0.414 e. The van der Waals surface area contributed by atoms with Crippen molar-refractivity contribution in [3.05, 3.63) is 41.5 Å². The summed E-state index contributed by atoms with van der Waals surface area (Å²) in [5.41, 5.74) is 0.416. The molecule has 1 unspecified atom stereocenters. The van der Waals surface area contributed by atoms with E-state index in [0.717, 1.165) is 18.6 Å². The lowest BCUT2D eigenvalue weighted by molar-refractivity contribution is 0.0327. The van der Waals surface area contributed by atoms with E-state index in [1.807, 2.05) is 13.0 Å². The van der Waals surface area contributed by atoms with Gasteiger partial charge in [-0.25, -0.2) is 13.6 Å². The molecule has 5 heteroatoms. The van der Waals surface area contributed by atoms with Crippen LogP contribution in [-0.2, 0) is 4.74 Å². The van der Waals surface area contributed by atoms with Crippen molar-refractivity contribution in [1.82, 2.24) is 4.90 Å². The van der Waals surface area contributed by atoms with Crippen LogP contribution in [0.4, 0.5) is 13.6 Å². The summed E-state index contributed by atoms with van der Waals surface area (Å²) in [5, 5.41) is 0. The van der Waals surface area contributed by atoms with Crippen molar-refractivity contribution in [3.8, 4) is 0 Å². The summed E-state index contributed by atoms with van der Waals surface area (Å²) in [5.74, 6) is -1.56. The molecule has 0 radical (unpaired) electrons. The molecule has 1 aromatic rings. The fraction of sp³-hybridized carbons (Fsp3) is 0.471. The highest BCUT2D eigenvalue weighted by molar-refractivity contribution is 5.83. The molecule has 0 aliphatic carbocycles. The highest BCUT2D eigenvalue weighted by Crippen LogP contribution is 2.29. The van der Waals surface area contributed by atoms with Crippen LogP contribution in [0.25, 0.3) is 5.70 Å². The van der Waals surface area contributed by atoms with Crippen molar-refractivity contribution in [2.45, 2.75) is 39.7 Å². The quantitative estimate of drug-likeness (QED) is 0.760. The molecule has 0 saturated heterocycles. The zero-order valence-corrected chi connectivity index (χ0v) is 13.3. The van der Waals surface area contributed by atoms with Gasteiger partial charge in [0.25, 0.3) is 0 Å². The SMILES string of the molecule is CC1CC=C(c2ccc(F)c(F)c2)N(C(=O)OC(C)(C)C)C1. The van der Waals surface area contributed by atoms with Gasteiger partial charge in [0.1, 0.15) is 5.60 Å². The van der Waals surface area contributed by atoms with E-state index in [1.54, 1.807) is 20.8 Å². The molecule has 0 fully saturated rings. The average Bonchev–Trinajstić information content (AvgIpc) is 2.40. The number of hydrogen-bond acceptors (Lipinski definition) is 2. The van der Waals surface area contributed by atoms with E-state index in [0.29, 0.717) is 17.8 Å². The van der Waals surface area contributed by atoms with E-state index in [1.165, 1.54) is 11.0 Å². The van der Waals surface area contributed by atoms with Gasteiger partial charge in [-0.05, 0) is 51.3 Å². The second-order valence-electron chi connectivity index (χ2n) is 6.65. The van der Waals surface area contributed by atoms with Crippen molar-refractivity contribution >= 4 is 11.8 Å². The highest BCUT2D eigenvalue weighted by atomic mass is 19.2. The number of carbonyl (C=O) groups is 1. The Balaban J connectivity index is 2.33. The third-order valence-corrected chi connectivity index (χ3v) is 3.33. The number of hydrogen-bond donors (Lipinski definition) is 0. The summed E-state index contributed by atoms with van der Waals surface area (Å²) in [6, 6.07) is 3.64. The maximum atomic E-state index is 13.5. The first kappa shape index (κ1) is 16.5. The third-order valence-electron chi connectivity index (χ3n) is 3.33. The number of halogens is 2. The Bertz CT molecular complexity index is 605. The van der Waals surface area contributed by atoms with Gasteiger partial charge in [-0.1, -0.05) is 13.0 Å². The van der Waals surface area contributed by atoms with Crippen LogP contribution in [-0.4, -0.2) is 23.1 Å². The topological polar surface area (TPSA) is 29.5 Å². The van der Waals surface area contributed by atoms with Gasteiger partial charge < -0.3 is 4.74 Å². The molecule has 0 saturated carbocycles. The number of ether oxygens (including phenoxy) is 1. The Kier molecular flexibility index (Phi) is 4.54. The van der Waals surface area contributed by atoms with E-state index < -0.39 is 23.3 Å². The molecule has 0 aromatic heterocycles. The molecular weight excluding hydrogens is 288 g/mol. The van der Waals surface area contributed by atoms with Crippen LogP contribution in [0.3, 0.4) is 0 Å². The molecular formula is C17H21F2NO2. The summed E-state index contributed by atoms with van der Waals surface area (Å²) in [7, 11) is 0. The van der Waals surface area contributed by atoms with E-state index >= 15 is 0 Å². The molecule has 1 atom stereocenters. The van der Waals surface area contributed by atoms with Gasteiger partial charge in [0.05, 0.1) is 5.70 Å². The van der Waals surface area contributed by atoms with E-state index in [9.17, 15) is 13.6 Å². The minimum atomic E-state index is -0.929. The number of benzene rings is 1. The van der Waals surface area contributed by atoms with Crippen molar-refractivity contribution in [2.24, 2.45) is 5.92 Å². The number of amides is 1. The van der Waals surface area contributed by atoms with Gasteiger partial charge in [0.15, 0.2) is 11.6 Å². The lowest BCUT2D eigenvalue weighted by atomic mass is 9.98. The lowest BCUT2D eigenvalue weighted by Crippen LogP contribution is -2.39. The number of carbonyl (C=O) groups excluding carboxylic acids is 1. The largest absolute Gasteiger partial charge is 0.443 e. The van der Waals surface area contributed by atoms with Crippen LogP contribution < -0.4 is 0 Å². The predicted molar refractivity (Wildman–Crippen MR) is 81.1 cm³/mol. The Morgan fingerprint density at radius 2 is 1.95 bits per heavy atom. The van der Waals surface area contributed by atoms with Crippen molar-refractivity contribution in [3.63, 3.8) is 0 Å². The van der Waals surface area contributed by atoms with E-state index in [-0.39, 0.29) is 5.92 Å². The van der Waals surface area contributed by atoms with Crippen LogP contribution in [0, 0.1) is 17.6 Å². The third kappa shape index (κ3) is 3.84. The predicted octanol–water partition coefficient (Wildman–Crippen LogP) is 4.58. The van der Waals surface area contributed by atoms with Crippen molar-refractivity contribution in [1.29, 1.82) is 0 Å². The van der Waals surface area contributed by atoms with Crippen LogP contribution in [0.15, 0.2) is 24.3 Å². The van der Waals surface area contributed by atoms with Crippen LogP contribution in [0.1, 0.15) is 39.7 Å². The maximum absolute atomic E-state index is 13.5. The molecule has 1 amide bonds. The molecule has 2 rings (SSSR count). The summed E-state index contributed by atoms with van der Waals surface area (Å²) in [6.45, 7) is 7.88. The molecule has 1 aromatic carbocycles. The molecule has 1 aliphatic heterocycles. The fourth-order valence-electron chi connectivity index (χ4n) is 2.33. The molecule has 0 spiro atoms. The van der Waals surface area contributed by atoms with Gasteiger partial charge in [-0.2, -0.15) is 0 Å². The first-order valence-corrected chi connectivity index (χ1v) is 7.33. The first-order chi connectivity index (χ1) is 10.2. The van der Waals surface area contributed by atoms with Gasteiger partial charge in [0, 0.05) is 12.1 Å². The Morgan fingerprint density at radius 1 is 1.27 bits per heavy atom. The van der Waals surface area contributed by atoms with Gasteiger partial charge in [0.2, 0.25) is 0 Å². The van der Waals surface area contributed by atoms with Gasteiger partial charge >= 0.3 is 6.09 Å². The Hall–Kier alpha value is -1.91. The number of rotatable bonds is 1. The van der Waals surface area contributed by atoms with Crippen molar-refractivity contribution in [2.75, 3.05) is 6.54 Å². The van der Waals surface area contributed by atoms with Gasteiger partial charge in [-0.3, -0.25) is 4.90 Å². The number of allylic oxidation sites excluding steroid dienone is 1. The molecule has 0 N–H and O–H groups in total. The number of nitrogens with zero attached hydrogens (tertiary/aromatic N) is 1. The fourth-order valence-corrected chi connectivity index (χ4v) is 2.33. The molecule has 1 aliphatic rings. The maximum Gasteiger partial charge on any atom is 0.414 e. The Labute approximate surface area is 129 Å². The monoisotopic (exact) mass is 309 g/mol. The molecule has 0 bridgehead atoms.